The quantitative estimate of drug-likeness (QED) is 0.260. The van der Waals surface area contributed by atoms with Crippen molar-refractivity contribution in [3.8, 4) is 11.1 Å². The van der Waals surface area contributed by atoms with Crippen molar-refractivity contribution in [3.63, 3.8) is 0 Å². The first kappa shape index (κ1) is 22.6. The van der Waals surface area contributed by atoms with E-state index < -0.39 is 0 Å². The summed E-state index contributed by atoms with van der Waals surface area (Å²) < 4.78 is 0. The molecule has 4 heteroatoms. The predicted octanol–water partition coefficient (Wildman–Crippen LogP) is 8.26. The minimum Gasteiger partial charge on any atom is -0.355 e. The van der Waals surface area contributed by atoms with E-state index in [2.05, 4.69) is 116 Å². The van der Waals surface area contributed by atoms with E-state index in [4.69, 9.17) is 9.97 Å². The van der Waals surface area contributed by atoms with E-state index in [1.807, 2.05) is 6.07 Å². The van der Waals surface area contributed by atoms with Gasteiger partial charge in [-0.15, -0.1) is 0 Å². The summed E-state index contributed by atoms with van der Waals surface area (Å²) >= 11 is 0. The standard InChI is InChI=1S/C30H26N4.CH4/c1-30(2,3)29-26-15-11-22(33-26)17-20-9-13-24(31-20)28(19-7-5-4-6-8-19)25-14-10-21(32-25)18-23-12-16-27(29)34-23;/h4-18,31-32H,1-3H3;1H4. The van der Waals surface area contributed by atoms with Crippen LogP contribution in [0, 0.1) is 0 Å². The van der Waals surface area contributed by atoms with Gasteiger partial charge < -0.3 is 9.97 Å². The molecule has 0 saturated heterocycles. The summed E-state index contributed by atoms with van der Waals surface area (Å²) in [5, 5.41) is 0. The molecular weight excluding hydrogens is 428 g/mol. The molecule has 0 amide bonds. The van der Waals surface area contributed by atoms with Crippen molar-refractivity contribution in [1.29, 1.82) is 0 Å². The third-order valence-corrected chi connectivity index (χ3v) is 6.21. The molecule has 2 aliphatic heterocycles. The molecule has 174 valence electrons. The molecule has 0 fully saturated rings. The molecule has 8 bridgehead atoms. The largest absolute Gasteiger partial charge is 0.355 e. The van der Waals surface area contributed by atoms with Crippen molar-refractivity contribution in [2.24, 2.45) is 0 Å². The lowest BCUT2D eigenvalue weighted by molar-refractivity contribution is 0.583. The Labute approximate surface area is 206 Å². The lowest BCUT2D eigenvalue weighted by atomic mass is 9.84. The van der Waals surface area contributed by atoms with E-state index in [0.29, 0.717) is 0 Å². The summed E-state index contributed by atoms with van der Waals surface area (Å²) in [5.41, 5.74) is 11.3. The van der Waals surface area contributed by atoms with Crippen LogP contribution in [-0.4, -0.2) is 19.9 Å². The van der Waals surface area contributed by atoms with Crippen LogP contribution in [0.25, 0.3) is 57.5 Å². The maximum Gasteiger partial charge on any atom is 0.0696 e. The number of hydrogen-bond donors (Lipinski definition) is 2. The van der Waals surface area contributed by atoms with Crippen LogP contribution in [0.2, 0.25) is 0 Å². The van der Waals surface area contributed by atoms with Gasteiger partial charge in [0.2, 0.25) is 0 Å². The number of aromatic amines is 2. The highest BCUT2D eigenvalue weighted by atomic mass is 14.8. The van der Waals surface area contributed by atoms with Gasteiger partial charge in [0, 0.05) is 33.2 Å². The van der Waals surface area contributed by atoms with Gasteiger partial charge in [0.05, 0.1) is 22.8 Å². The van der Waals surface area contributed by atoms with Crippen LogP contribution in [0.1, 0.15) is 56.5 Å². The van der Waals surface area contributed by atoms with E-state index in [1.54, 1.807) is 0 Å². The van der Waals surface area contributed by atoms with Crippen LogP contribution in [0.4, 0.5) is 0 Å². The lowest BCUT2D eigenvalue weighted by Crippen LogP contribution is -2.15. The first-order valence-electron chi connectivity index (χ1n) is 11.6. The summed E-state index contributed by atoms with van der Waals surface area (Å²) in [6.45, 7) is 6.64. The monoisotopic (exact) mass is 458 g/mol. The molecule has 4 aromatic rings. The zero-order valence-electron chi connectivity index (χ0n) is 19.6. The third kappa shape index (κ3) is 4.24. The van der Waals surface area contributed by atoms with Crippen molar-refractivity contribution >= 4 is 46.4 Å². The first-order chi connectivity index (χ1) is 16.4. The van der Waals surface area contributed by atoms with E-state index in [-0.39, 0.29) is 12.8 Å². The summed E-state index contributed by atoms with van der Waals surface area (Å²) in [6, 6.07) is 23.2. The van der Waals surface area contributed by atoms with Crippen LogP contribution in [0.5, 0.6) is 0 Å². The van der Waals surface area contributed by atoms with Crippen molar-refractivity contribution in [2.45, 2.75) is 33.6 Å². The van der Waals surface area contributed by atoms with Gasteiger partial charge in [-0.1, -0.05) is 58.5 Å². The highest BCUT2D eigenvalue weighted by Crippen LogP contribution is 2.32. The predicted molar refractivity (Wildman–Crippen MR) is 150 cm³/mol. The Kier molecular flexibility index (Phi) is 5.52. The van der Waals surface area contributed by atoms with Crippen LogP contribution < -0.4 is 0 Å². The summed E-state index contributed by atoms with van der Waals surface area (Å²) in [6.07, 6.45) is 8.36. The van der Waals surface area contributed by atoms with Crippen LogP contribution in [0.15, 0.2) is 66.7 Å². The third-order valence-electron chi connectivity index (χ3n) is 6.21. The molecule has 5 heterocycles. The van der Waals surface area contributed by atoms with Crippen LogP contribution in [0.3, 0.4) is 0 Å². The Hall–Kier alpha value is -4.18. The van der Waals surface area contributed by atoms with Crippen LogP contribution in [-0.2, 0) is 5.41 Å². The molecule has 0 saturated carbocycles. The van der Waals surface area contributed by atoms with E-state index in [0.717, 1.165) is 61.5 Å². The number of nitrogens with one attached hydrogen (secondary N) is 2. The second-order valence-electron chi connectivity index (χ2n) is 9.82. The smallest absolute Gasteiger partial charge is 0.0696 e. The Morgan fingerprint density at radius 2 is 1.14 bits per heavy atom. The summed E-state index contributed by atoms with van der Waals surface area (Å²) in [4.78, 5) is 17.1. The zero-order chi connectivity index (χ0) is 23.3. The second kappa shape index (κ2) is 8.55. The van der Waals surface area contributed by atoms with Gasteiger partial charge in [-0.2, -0.15) is 0 Å². The number of aromatic nitrogens is 4. The number of H-pyrrole nitrogens is 2. The maximum atomic E-state index is 4.97. The Morgan fingerprint density at radius 1 is 0.629 bits per heavy atom. The van der Waals surface area contributed by atoms with Gasteiger partial charge in [0.15, 0.2) is 0 Å². The molecule has 1 aromatic carbocycles. The molecule has 35 heavy (non-hydrogen) atoms. The fourth-order valence-electron chi connectivity index (χ4n) is 4.76. The van der Waals surface area contributed by atoms with Gasteiger partial charge in [-0.3, -0.25) is 0 Å². The molecule has 0 spiro atoms. The Morgan fingerprint density at radius 3 is 1.63 bits per heavy atom. The molecule has 0 atom stereocenters. The van der Waals surface area contributed by atoms with Crippen molar-refractivity contribution < 1.29 is 0 Å². The first-order valence-corrected chi connectivity index (χ1v) is 11.6. The SMILES string of the molecule is C.CC(C)(C)c1c2nc(cc3ccc([nH]3)c(-c3ccccc3)c3ccc(cc4nc1C=C4)[nH]3)C=C2. The molecular formula is C31H30N4. The van der Waals surface area contributed by atoms with Gasteiger partial charge in [-0.05, 0) is 71.7 Å². The average Bonchev–Trinajstić information content (AvgIpc) is 3.59. The molecule has 6 rings (SSSR count). The molecule has 3 aromatic heterocycles. The topological polar surface area (TPSA) is 57.4 Å². The fourth-order valence-corrected chi connectivity index (χ4v) is 4.76. The van der Waals surface area contributed by atoms with Crippen molar-refractivity contribution in [1.82, 2.24) is 19.9 Å². The zero-order valence-corrected chi connectivity index (χ0v) is 19.6. The number of fused-ring (bicyclic) bond motifs is 8. The minimum absolute atomic E-state index is 0. The van der Waals surface area contributed by atoms with Crippen LogP contribution >= 0.6 is 0 Å². The average molecular weight is 459 g/mol. The molecule has 2 N–H and O–H groups in total. The molecule has 4 nitrogen and oxygen atoms in total. The summed E-state index contributed by atoms with van der Waals surface area (Å²) in [5.74, 6) is 0. The number of rotatable bonds is 1. The minimum atomic E-state index is -0.0958. The van der Waals surface area contributed by atoms with E-state index in [1.165, 1.54) is 0 Å². The number of nitrogens with zero attached hydrogens (tertiary/aromatic N) is 2. The second-order valence-corrected chi connectivity index (χ2v) is 9.82. The number of benzene rings is 1. The fraction of sp³-hybridized carbons (Fsp3) is 0.161. The van der Waals surface area contributed by atoms with E-state index in [9.17, 15) is 0 Å². The van der Waals surface area contributed by atoms with Crippen molar-refractivity contribution in [2.75, 3.05) is 0 Å². The molecule has 0 aliphatic carbocycles. The van der Waals surface area contributed by atoms with E-state index >= 15 is 0 Å². The molecule has 0 radical (unpaired) electrons. The Balaban J connectivity index is 0.00000253. The lowest BCUT2D eigenvalue weighted by Gasteiger charge is -2.20. The molecule has 0 unspecified atom stereocenters. The molecule has 2 aliphatic rings. The van der Waals surface area contributed by atoms with Crippen molar-refractivity contribution in [3.05, 3.63) is 95.1 Å². The highest BCUT2D eigenvalue weighted by Gasteiger charge is 2.23. The maximum absolute atomic E-state index is 4.97. The normalized spacial score (nSPS) is 12.5. The van der Waals surface area contributed by atoms with Gasteiger partial charge in [0.25, 0.3) is 0 Å². The van der Waals surface area contributed by atoms with Gasteiger partial charge in [-0.25, -0.2) is 9.97 Å². The Bertz CT molecular complexity index is 1530. The van der Waals surface area contributed by atoms with Gasteiger partial charge >= 0.3 is 0 Å². The number of hydrogen-bond acceptors (Lipinski definition) is 2. The van der Waals surface area contributed by atoms with Gasteiger partial charge in [0.1, 0.15) is 0 Å². The summed E-state index contributed by atoms with van der Waals surface area (Å²) in [7, 11) is 0. The highest BCUT2D eigenvalue weighted by molar-refractivity contribution is 5.93.